The number of rotatable bonds is 7. The van der Waals surface area contributed by atoms with E-state index < -0.39 is 0 Å². The van der Waals surface area contributed by atoms with Crippen LogP contribution in [-0.2, 0) is 4.79 Å². The van der Waals surface area contributed by atoms with Gasteiger partial charge in [0.15, 0.2) is 5.65 Å². The Morgan fingerprint density at radius 2 is 2.17 bits per heavy atom. The molecule has 0 spiro atoms. The van der Waals surface area contributed by atoms with Crippen molar-refractivity contribution in [2.24, 2.45) is 0 Å². The minimum atomic E-state index is 0.225. The molecule has 0 bridgehead atoms. The molecule has 1 aromatic carbocycles. The fourth-order valence-corrected chi connectivity index (χ4v) is 4.29. The highest BCUT2D eigenvalue weighted by atomic mass is 16.5. The van der Waals surface area contributed by atoms with E-state index in [2.05, 4.69) is 22.1 Å². The molecular formula is C23H29N5O2. The van der Waals surface area contributed by atoms with Gasteiger partial charge in [0.1, 0.15) is 17.3 Å². The van der Waals surface area contributed by atoms with Crippen molar-refractivity contribution in [3.05, 3.63) is 42.9 Å². The molecule has 30 heavy (non-hydrogen) atoms. The molecule has 3 heterocycles. The molecule has 4 rings (SSSR count). The fourth-order valence-electron chi connectivity index (χ4n) is 4.29. The van der Waals surface area contributed by atoms with Gasteiger partial charge in [-0.2, -0.15) is 0 Å². The van der Waals surface area contributed by atoms with Crippen molar-refractivity contribution in [2.75, 3.05) is 25.5 Å². The molecule has 1 N–H and O–H groups in total. The van der Waals surface area contributed by atoms with E-state index in [0.29, 0.717) is 19.0 Å². The van der Waals surface area contributed by atoms with Gasteiger partial charge in [-0.3, -0.25) is 14.2 Å². The van der Waals surface area contributed by atoms with Gasteiger partial charge >= 0.3 is 0 Å². The number of carbonyl (C=O) groups excluding carboxylic acids is 1. The number of aromatic nitrogens is 3. The standard InChI is InChI=1S/C23H29N5O2/c1-3-17-8-6-7-14-27(17)21(29)11-12-25-23-22(18-9-4-5-10-19(18)30-2)26-20-16-24-13-15-28(20)23/h4-5,9-10,13,15-17,25H,3,6-8,11-12,14H2,1-2H3. The second-order valence-corrected chi connectivity index (χ2v) is 7.64. The zero-order chi connectivity index (χ0) is 20.9. The lowest BCUT2D eigenvalue weighted by Gasteiger charge is -2.35. The van der Waals surface area contributed by atoms with Gasteiger partial charge in [-0.15, -0.1) is 0 Å². The number of para-hydroxylation sites is 1. The average Bonchev–Trinajstić information content (AvgIpc) is 3.17. The molecule has 1 aliphatic heterocycles. The van der Waals surface area contributed by atoms with Crippen molar-refractivity contribution in [2.45, 2.75) is 45.1 Å². The number of anilines is 1. The van der Waals surface area contributed by atoms with Crippen LogP contribution in [0.5, 0.6) is 5.75 Å². The van der Waals surface area contributed by atoms with E-state index in [0.717, 1.165) is 54.3 Å². The number of fused-ring (bicyclic) bond motifs is 1. The first-order chi connectivity index (χ1) is 14.7. The highest BCUT2D eigenvalue weighted by Gasteiger charge is 2.25. The van der Waals surface area contributed by atoms with Crippen molar-refractivity contribution in [1.29, 1.82) is 0 Å². The summed E-state index contributed by atoms with van der Waals surface area (Å²) in [6.07, 6.45) is 10.3. The molecule has 2 aromatic heterocycles. The summed E-state index contributed by atoms with van der Waals surface area (Å²) in [7, 11) is 1.66. The first-order valence-corrected chi connectivity index (χ1v) is 10.7. The SMILES string of the molecule is CCC1CCCCN1C(=O)CCNc1c(-c2ccccc2OC)nc2cnccn12. The van der Waals surface area contributed by atoms with E-state index in [-0.39, 0.29) is 5.91 Å². The molecule has 7 nitrogen and oxygen atoms in total. The van der Waals surface area contributed by atoms with Crippen LogP contribution in [0.2, 0.25) is 0 Å². The zero-order valence-electron chi connectivity index (χ0n) is 17.7. The lowest BCUT2D eigenvalue weighted by molar-refractivity contribution is -0.134. The molecular weight excluding hydrogens is 378 g/mol. The minimum absolute atomic E-state index is 0.225. The van der Waals surface area contributed by atoms with Crippen molar-refractivity contribution < 1.29 is 9.53 Å². The molecule has 1 amide bonds. The Hall–Kier alpha value is -3.09. The summed E-state index contributed by atoms with van der Waals surface area (Å²) in [6.45, 7) is 3.59. The summed E-state index contributed by atoms with van der Waals surface area (Å²) in [5, 5.41) is 3.46. The topological polar surface area (TPSA) is 71.8 Å². The number of piperidine rings is 1. The van der Waals surface area contributed by atoms with E-state index in [1.807, 2.05) is 34.9 Å². The number of benzene rings is 1. The van der Waals surface area contributed by atoms with Crippen molar-refractivity contribution in [3.63, 3.8) is 0 Å². The van der Waals surface area contributed by atoms with Crippen LogP contribution in [0.1, 0.15) is 39.0 Å². The van der Waals surface area contributed by atoms with Crippen LogP contribution in [0, 0.1) is 0 Å². The zero-order valence-corrected chi connectivity index (χ0v) is 17.7. The van der Waals surface area contributed by atoms with Crippen LogP contribution in [0.3, 0.4) is 0 Å². The molecule has 158 valence electrons. The van der Waals surface area contributed by atoms with Gasteiger partial charge in [0.05, 0.1) is 13.3 Å². The van der Waals surface area contributed by atoms with Crippen molar-refractivity contribution in [1.82, 2.24) is 19.3 Å². The van der Waals surface area contributed by atoms with E-state index in [1.54, 1.807) is 19.5 Å². The third-order valence-electron chi connectivity index (χ3n) is 5.84. The van der Waals surface area contributed by atoms with Gasteiger partial charge in [-0.25, -0.2) is 4.98 Å². The van der Waals surface area contributed by atoms with Crippen LogP contribution in [0.4, 0.5) is 5.82 Å². The van der Waals surface area contributed by atoms with Crippen LogP contribution < -0.4 is 10.1 Å². The summed E-state index contributed by atoms with van der Waals surface area (Å²) in [5.41, 5.74) is 2.44. The highest BCUT2D eigenvalue weighted by Crippen LogP contribution is 2.34. The Balaban J connectivity index is 1.56. The van der Waals surface area contributed by atoms with Crippen LogP contribution in [0.25, 0.3) is 16.9 Å². The molecule has 0 aliphatic carbocycles. The maximum atomic E-state index is 12.8. The highest BCUT2D eigenvalue weighted by molar-refractivity contribution is 5.81. The summed E-state index contributed by atoms with van der Waals surface area (Å²) in [5.74, 6) is 1.82. The Labute approximate surface area is 177 Å². The second kappa shape index (κ2) is 9.15. The number of carbonyl (C=O) groups is 1. The molecule has 1 saturated heterocycles. The van der Waals surface area contributed by atoms with Gasteiger partial charge in [-0.05, 0) is 37.8 Å². The number of nitrogens with one attached hydrogen (secondary N) is 1. The lowest BCUT2D eigenvalue weighted by Crippen LogP contribution is -2.43. The van der Waals surface area contributed by atoms with E-state index in [1.165, 1.54) is 6.42 Å². The number of nitrogens with zero attached hydrogens (tertiary/aromatic N) is 4. The third kappa shape index (κ3) is 3.97. The molecule has 1 unspecified atom stereocenters. The normalized spacial score (nSPS) is 16.6. The third-order valence-corrected chi connectivity index (χ3v) is 5.84. The second-order valence-electron chi connectivity index (χ2n) is 7.64. The Kier molecular flexibility index (Phi) is 6.16. The van der Waals surface area contributed by atoms with E-state index in [4.69, 9.17) is 9.72 Å². The van der Waals surface area contributed by atoms with Crippen LogP contribution >= 0.6 is 0 Å². The number of imidazole rings is 1. The number of likely N-dealkylation sites (tertiary alicyclic amines) is 1. The first kappa shape index (κ1) is 20.2. The van der Waals surface area contributed by atoms with Crippen molar-refractivity contribution >= 4 is 17.4 Å². The Morgan fingerprint density at radius 1 is 1.30 bits per heavy atom. The van der Waals surface area contributed by atoms with Crippen LogP contribution in [-0.4, -0.2) is 51.4 Å². The van der Waals surface area contributed by atoms with Crippen molar-refractivity contribution in [3.8, 4) is 17.0 Å². The Morgan fingerprint density at radius 3 is 3.00 bits per heavy atom. The first-order valence-electron chi connectivity index (χ1n) is 10.7. The monoisotopic (exact) mass is 407 g/mol. The van der Waals surface area contributed by atoms with E-state index >= 15 is 0 Å². The predicted molar refractivity (Wildman–Crippen MR) is 118 cm³/mol. The number of hydrogen-bond donors (Lipinski definition) is 1. The molecule has 0 saturated carbocycles. The smallest absolute Gasteiger partial charge is 0.224 e. The molecule has 0 radical (unpaired) electrons. The molecule has 1 fully saturated rings. The molecule has 7 heteroatoms. The summed E-state index contributed by atoms with van der Waals surface area (Å²) in [6, 6.07) is 8.20. The predicted octanol–water partition coefficient (Wildman–Crippen LogP) is 4.00. The summed E-state index contributed by atoms with van der Waals surface area (Å²) < 4.78 is 7.51. The van der Waals surface area contributed by atoms with Crippen LogP contribution in [0.15, 0.2) is 42.9 Å². The fraction of sp³-hybridized carbons (Fsp3) is 0.435. The van der Waals surface area contributed by atoms with Gasteiger partial charge in [-0.1, -0.05) is 19.1 Å². The largest absolute Gasteiger partial charge is 0.496 e. The Bertz CT molecular complexity index is 1020. The van der Waals surface area contributed by atoms with Gasteiger partial charge in [0.2, 0.25) is 5.91 Å². The minimum Gasteiger partial charge on any atom is -0.496 e. The van der Waals surface area contributed by atoms with E-state index in [9.17, 15) is 4.79 Å². The number of amides is 1. The average molecular weight is 408 g/mol. The van der Waals surface area contributed by atoms with Gasteiger partial charge < -0.3 is 15.0 Å². The molecule has 1 atom stereocenters. The van der Waals surface area contributed by atoms with Gasteiger partial charge in [0, 0.05) is 43.5 Å². The number of hydrogen-bond acceptors (Lipinski definition) is 5. The summed E-state index contributed by atoms with van der Waals surface area (Å²) in [4.78, 5) is 23.9. The maximum absolute atomic E-state index is 12.8. The molecule has 1 aliphatic rings. The maximum Gasteiger partial charge on any atom is 0.224 e. The lowest BCUT2D eigenvalue weighted by atomic mass is 9.99. The molecule has 3 aromatic rings. The van der Waals surface area contributed by atoms with Gasteiger partial charge in [0.25, 0.3) is 0 Å². The number of methoxy groups -OCH3 is 1. The number of ether oxygens (including phenoxy) is 1. The quantitative estimate of drug-likeness (QED) is 0.641. The summed E-state index contributed by atoms with van der Waals surface area (Å²) >= 11 is 0.